The zero-order chi connectivity index (χ0) is 21.3. The van der Waals surface area contributed by atoms with Crippen LogP contribution < -0.4 is 5.32 Å². The topological polar surface area (TPSA) is 82.3 Å². The van der Waals surface area contributed by atoms with Crippen LogP contribution in [-0.2, 0) is 16.6 Å². The molecule has 2 aromatic carbocycles. The van der Waals surface area contributed by atoms with E-state index in [1.807, 2.05) is 0 Å². The van der Waals surface area contributed by atoms with Crippen molar-refractivity contribution >= 4 is 38.4 Å². The van der Waals surface area contributed by atoms with Gasteiger partial charge in [-0.2, -0.15) is 4.31 Å². The van der Waals surface area contributed by atoms with E-state index in [0.29, 0.717) is 24.0 Å². The number of piperidine rings is 1. The molecule has 1 aromatic heterocycles. The number of nitrogens with zero attached hydrogens (tertiary/aromatic N) is 1. The molecular weight excluding hydrogens is 429 g/mol. The highest BCUT2D eigenvalue weighted by atomic mass is 35.5. The summed E-state index contributed by atoms with van der Waals surface area (Å²) in [6.07, 6.45) is 2.82. The monoisotopic (exact) mass is 449 g/mol. The van der Waals surface area contributed by atoms with Gasteiger partial charge in [0.2, 0.25) is 10.0 Å². The third-order valence-corrected chi connectivity index (χ3v) is 7.56. The van der Waals surface area contributed by atoms with Gasteiger partial charge in [0.25, 0.3) is 5.91 Å². The van der Waals surface area contributed by atoms with Crippen LogP contribution in [0.3, 0.4) is 0 Å². The average Bonchev–Trinajstić information content (AvgIpc) is 3.09. The molecule has 6 nitrogen and oxygen atoms in total. The van der Waals surface area contributed by atoms with E-state index >= 15 is 0 Å². The number of fused-ring (bicyclic) bond motifs is 1. The van der Waals surface area contributed by atoms with Gasteiger partial charge in [-0.15, -0.1) is 0 Å². The number of sulfonamides is 1. The molecule has 30 heavy (non-hydrogen) atoms. The molecule has 2 heterocycles. The minimum atomic E-state index is -3.48. The van der Waals surface area contributed by atoms with Crippen molar-refractivity contribution in [1.29, 1.82) is 0 Å². The summed E-state index contributed by atoms with van der Waals surface area (Å²) in [7, 11) is -3.48. The maximum absolute atomic E-state index is 13.4. The van der Waals surface area contributed by atoms with Crippen molar-refractivity contribution < 1.29 is 17.6 Å². The number of hydrogen-bond donors (Lipinski definition) is 2. The number of amides is 1. The highest BCUT2D eigenvalue weighted by Gasteiger charge is 2.25. The minimum Gasteiger partial charge on any atom is -0.349 e. The Hall–Kier alpha value is -2.42. The Kier molecular flexibility index (Phi) is 5.81. The van der Waals surface area contributed by atoms with Crippen LogP contribution in [0, 0.1) is 5.82 Å². The van der Waals surface area contributed by atoms with Crippen LogP contribution in [0.2, 0.25) is 5.02 Å². The molecule has 2 N–H and O–H groups in total. The number of halogens is 2. The molecule has 0 bridgehead atoms. The lowest BCUT2D eigenvalue weighted by Gasteiger charge is -2.25. The maximum atomic E-state index is 13.4. The summed E-state index contributed by atoms with van der Waals surface area (Å²) >= 11 is 6.22. The molecule has 1 amide bonds. The Bertz CT molecular complexity index is 1190. The molecule has 4 rings (SSSR count). The Morgan fingerprint density at radius 3 is 2.50 bits per heavy atom. The van der Waals surface area contributed by atoms with Crippen LogP contribution in [0.25, 0.3) is 10.9 Å². The lowest BCUT2D eigenvalue weighted by Crippen LogP contribution is -2.35. The fourth-order valence-corrected chi connectivity index (χ4v) is 5.40. The third-order valence-electron chi connectivity index (χ3n) is 5.25. The number of rotatable bonds is 5. The summed E-state index contributed by atoms with van der Waals surface area (Å²) in [6, 6.07) is 10.6. The third kappa shape index (κ3) is 4.08. The second-order valence-corrected chi connectivity index (χ2v) is 9.61. The number of carbonyl (C=O) groups excluding carboxylic acids is 1. The highest BCUT2D eigenvalue weighted by molar-refractivity contribution is 7.89. The molecule has 1 aliphatic rings. The molecule has 1 saturated heterocycles. The van der Waals surface area contributed by atoms with E-state index in [1.54, 1.807) is 24.3 Å². The lowest BCUT2D eigenvalue weighted by molar-refractivity contribution is 0.0947. The zero-order valence-electron chi connectivity index (χ0n) is 16.1. The first-order chi connectivity index (χ1) is 14.4. The summed E-state index contributed by atoms with van der Waals surface area (Å²) in [6.45, 7) is 1.30. The van der Waals surface area contributed by atoms with E-state index in [0.717, 1.165) is 24.8 Å². The van der Waals surface area contributed by atoms with Gasteiger partial charge < -0.3 is 10.3 Å². The summed E-state index contributed by atoms with van der Waals surface area (Å²) in [5.74, 6) is -0.864. The Balaban J connectivity index is 1.44. The van der Waals surface area contributed by atoms with Gasteiger partial charge in [0, 0.05) is 30.5 Å². The van der Waals surface area contributed by atoms with Crippen molar-refractivity contribution in [2.75, 3.05) is 13.1 Å². The lowest BCUT2D eigenvalue weighted by atomic mass is 10.2. The molecule has 0 unspecified atom stereocenters. The van der Waals surface area contributed by atoms with Crippen LogP contribution in [0.4, 0.5) is 4.39 Å². The molecular formula is C21H21ClFN3O3S. The molecule has 0 saturated carbocycles. The van der Waals surface area contributed by atoms with Crippen molar-refractivity contribution in [3.8, 4) is 0 Å². The summed E-state index contributed by atoms with van der Waals surface area (Å²) in [5.41, 5.74) is 1.47. The first-order valence-corrected chi connectivity index (χ1v) is 11.5. The smallest absolute Gasteiger partial charge is 0.269 e. The Morgan fingerprint density at radius 1 is 1.10 bits per heavy atom. The highest BCUT2D eigenvalue weighted by Crippen LogP contribution is 2.28. The number of H-pyrrole nitrogens is 1. The fraction of sp³-hybridized carbons (Fsp3) is 0.286. The number of nitrogens with one attached hydrogen (secondary N) is 2. The quantitative estimate of drug-likeness (QED) is 0.616. The van der Waals surface area contributed by atoms with E-state index < -0.39 is 21.7 Å². The first-order valence-electron chi connectivity index (χ1n) is 9.70. The van der Waals surface area contributed by atoms with E-state index in [2.05, 4.69) is 10.3 Å². The van der Waals surface area contributed by atoms with Crippen LogP contribution in [-0.4, -0.2) is 36.7 Å². The van der Waals surface area contributed by atoms with Crippen molar-refractivity contribution in [2.45, 2.75) is 30.7 Å². The number of carbonyl (C=O) groups is 1. The van der Waals surface area contributed by atoms with E-state index in [9.17, 15) is 17.6 Å². The molecule has 0 aliphatic carbocycles. The van der Waals surface area contributed by atoms with Crippen LogP contribution in [0.1, 0.15) is 35.3 Å². The van der Waals surface area contributed by atoms with Crippen LogP contribution >= 0.6 is 11.6 Å². The molecule has 0 radical (unpaired) electrons. The van der Waals surface area contributed by atoms with Crippen molar-refractivity contribution in [3.63, 3.8) is 0 Å². The van der Waals surface area contributed by atoms with Crippen molar-refractivity contribution in [1.82, 2.24) is 14.6 Å². The summed E-state index contributed by atoms with van der Waals surface area (Å²) < 4.78 is 40.3. The Labute approximate surface area is 179 Å². The van der Waals surface area contributed by atoms with Gasteiger partial charge >= 0.3 is 0 Å². The minimum absolute atomic E-state index is 0.154. The second kappa shape index (κ2) is 8.37. The number of benzene rings is 2. The predicted octanol–water partition coefficient (Wildman–Crippen LogP) is 4.07. The van der Waals surface area contributed by atoms with Gasteiger partial charge in [-0.25, -0.2) is 12.8 Å². The van der Waals surface area contributed by atoms with Crippen molar-refractivity contribution in [2.24, 2.45) is 0 Å². The van der Waals surface area contributed by atoms with E-state index in [4.69, 9.17) is 11.6 Å². The summed E-state index contributed by atoms with van der Waals surface area (Å²) in [4.78, 5) is 15.7. The molecule has 3 aromatic rings. The van der Waals surface area contributed by atoms with Gasteiger partial charge in [-0.3, -0.25) is 4.79 Å². The average molecular weight is 450 g/mol. The molecule has 1 fully saturated rings. The van der Waals surface area contributed by atoms with Gasteiger partial charge in [0.05, 0.1) is 9.92 Å². The largest absolute Gasteiger partial charge is 0.349 e. The molecule has 1 aliphatic heterocycles. The molecule has 158 valence electrons. The normalized spacial score (nSPS) is 15.4. The number of aromatic nitrogens is 1. The standard InChI is InChI=1S/C21H21ClFN3O3S/c22-19-17-12-15(23)6-9-18(17)25-20(19)21(27)24-13-14-4-7-16(8-5-14)30(28,29)26-10-2-1-3-11-26/h4-9,12,25H,1-3,10-11,13H2,(H,24,27). The number of hydrogen-bond acceptors (Lipinski definition) is 3. The Morgan fingerprint density at radius 2 is 1.80 bits per heavy atom. The first kappa shape index (κ1) is 20.8. The van der Waals surface area contributed by atoms with Gasteiger partial charge in [-0.05, 0) is 48.7 Å². The van der Waals surface area contributed by atoms with Crippen LogP contribution in [0.5, 0.6) is 0 Å². The van der Waals surface area contributed by atoms with Gasteiger partial charge in [-0.1, -0.05) is 30.2 Å². The number of aromatic amines is 1. The molecule has 0 spiro atoms. The maximum Gasteiger partial charge on any atom is 0.269 e. The SMILES string of the molecule is O=C(NCc1ccc(S(=O)(=O)N2CCCCC2)cc1)c1[nH]c2ccc(F)cc2c1Cl. The van der Waals surface area contributed by atoms with Crippen molar-refractivity contribution in [3.05, 3.63) is 64.6 Å². The fourth-order valence-electron chi connectivity index (χ4n) is 3.59. The summed E-state index contributed by atoms with van der Waals surface area (Å²) in [5, 5.41) is 3.34. The predicted molar refractivity (Wildman–Crippen MR) is 113 cm³/mol. The van der Waals surface area contributed by atoms with Gasteiger partial charge in [0.1, 0.15) is 11.5 Å². The zero-order valence-corrected chi connectivity index (χ0v) is 17.7. The molecule has 0 atom stereocenters. The van der Waals surface area contributed by atoms with E-state index in [1.165, 1.54) is 22.5 Å². The van der Waals surface area contributed by atoms with Crippen LogP contribution in [0.15, 0.2) is 47.4 Å². The van der Waals surface area contributed by atoms with Gasteiger partial charge in [0.15, 0.2) is 0 Å². The van der Waals surface area contributed by atoms with E-state index in [-0.39, 0.29) is 22.2 Å². The second-order valence-electron chi connectivity index (χ2n) is 7.30. The molecule has 9 heteroatoms.